The molecule has 11 heteroatoms. The molecule has 0 bridgehead atoms. The van der Waals surface area contributed by atoms with Crippen LogP contribution in [0.25, 0.3) is 0 Å². The topological polar surface area (TPSA) is 97.9 Å². The first-order valence-corrected chi connectivity index (χ1v) is 19.5. The molecular formula is C33H45BrCl2N4O3Si. The summed E-state index contributed by atoms with van der Waals surface area (Å²) in [5.74, 6) is 0.0761. The molecule has 0 aliphatic heterocycles. The van der Waals surface area contributed by atoms with Gasteiger partial charge in [0, 0.05) is 46.8 Å². The van der Waals surface area contributed by atoms with Crippen LogP contribution in [0.1, 0.15) is 77.5 Å². The molecule has 1 atom stereocenters. The largest absolute Gasteiger partial charge is 0.408 e. The van der Waals surface area contributed by atoms with Gasteiger partial charge in [0.05, 0.1) is 34.3 Å². The predicted octanol–water partition coefficient (Wildman–Crippen LogP) is 8.69. The average Bonchev–Trinajstić information content (AvgIpc) is 3.00. The molecule has 240 valence electrons. The number of nitrogens with two attached hydrogens (primary N) is 1. The third-order valence-electron chi connectivity index (χ3n) is 8.96. The van der Waals surface area contributed by atoms with Gasteiger partial charge in [0.15, 0.2) is 8.32 Å². The van der Waals surface area contributed by atoms with Crippen LogP contribution in [0.2, 0.25) is 28.2 Å². The molecule has 0 radical (unpaired) electrons. The van der Waals surface area contributed by atoms with Crippen molar-refractivity contribution in [2.75, 3.05) is 6.54 Å². The smallest absolute Gasteiger partial charge is 0.257 e. The molecule has 0 spiro atoms. The number of Topliss-reactive ketones (excluding diaryl/α,β-unsaturated/α-hetero) is 1. The Kier molecular flexibility index (Phi) is 14.1. The van der Waals surface area contributed by atoms with Gasteiger partial charge in [-0.25, -0.2) is 0 Å². The van der Waals surface area contributed by atoms with Gasteiger partial charge in [-0.2, -0.15) is 0 Å². The molecule has 1 saturated carbocycles. The number of aliphatic imine (C=N–C) groups is 1. The van der Waals surface area contributed by atoms with Gasteiger partial charge in [-0.3, -0.25) is 19.6 Å². The molecule has 1 aliphatic rings. The number of carbonyl (C=O) groups excluding carboxylic acids is 2. The number of ketones is 1. The fourth-order valence-electron chi connectivity index (χ4n) is 5.94. The van der Waals surface area contributed by atoms with Crippen LogP contribution in [-0.2, 0) is 20.6 Å². The summed E-state index contributed by atoms with van der Waals surface area (Å²) in [4.78, 5) is 37.1. The number of nitrogens with zero attached hydrogens (tertiary/aromatic N) is 3. The van der Waals surface area contributed by atoms with E-state index in [9.17, 15) is 9.59 Å². The van der Waals surface area contributed by atoms with Crippen molar-refractivity contribution in [3.63, 3.8) is 0 Å². The highest BCUT2D eigenvalue weighted by Crippen LogP contribution is 2.37. The Bertz CT molecular complexity index is 1330. The van der Waals surface area contributed by atoms with Gasteiger partial charge in [-0.05, 0) is 69.3 Å². The first-order chi connectivity index (χ1) is 21.0. The van der Waals surface area contributed by atoms with Gasteiger partial charge in [-0.15, -0.1) is 0 Å². The normalized spacial score (nSPS) is 18.6. The number of amides is 1. The van der Waals surface area contributed by atoms with E-state index in [-0.39, 0.29) is 30.2 Å². The van der Waals surface area contributed by atoms with Crippen molar-refractivity contribution in [2.45, 2.75) is 97.1 Å². The Hall–Kier alpha value is -2.04. The van der Waals surface area contributed by atoms with E-state index in [4.69, 9.17) is 38.4 Å². The van der Waals surface area contributed by atoms with Crippen molar-refractivity contribution in [1.29, 1.82) is 0 Å². The highest BCUT2D eigenvalue weighted by Gasteiger charge is 2.36. The molecule has 44 heavy (non-hydrogen) atoms. The summed E-state index contributed by atoms with van der Waals surface area (Å²) in [7, 11) is -2.19. The number of halogens is 3. The second kappa shape index (κ2) is 17.0. The van der Waals surface area contributed by atoms with Gasteiger partial charge < -0.3 is 15.1 Å². The lowest BCUT2D eigenvalue weighted by Gasteiger charge is -2.37. The summed E-state index contributed by atoms with van der Waals surface area (Å²) >= 11 is 17.1. The number of aromatic nitrogens is 1. The van der Waals surface area contributed by atoms with E-state index in [1.807, 2.05) is 31.2 Å². The standard InChI is InChI=1S/C33H45BrCl2N4O3Si/c1-6-44(7-2,8-3)43-31(32-29(35)18-38-19-30(32)36)21-40(20-25-11-9-10-12-28(25)34)33(42)27(17-37)22(4)39-26-15-13-24(14-16-26)23(5)41/h9-12,17-19,24,26,31H,6-8,13-16,20-21,37H2,1-5H3. The average molecular weight is 725 g/mol. The van der Waals surface area contributed by atoms with Crippen LogP contribution in [0, 0.1) is 5.92 Å². The van der Waals surface area contributed by atoms with E-state index in [0.29, 0.717) is 33.4 Å². The van der Waals surface area contributed by atoms with Crippen molar-refractivity contribution in [3.05, 3.63) is 74.1 Å². The fraction of sp³-hybridized carbons (Fsp3) is 0.515. The maximum Gasteiger partial charge on any atom is 0.257 e. The zero-order chi connectivity index (χ0) is 32.4. The van der Waals surface area contributed by atoms with E-state index < -0.39 is 14.4 Å². The number of rotatable bonds is 14. The summed E-state index contributed by atoms with van der Waals surface area (Å²) in [6.45, 7) is 10.5. The molecule has 1 unspecified atom stereocenters. The van der Waals surface area contributed by atoms with Crippen LogP contribution in [0.4, 0.5) is 0 Å². The maximum atomic E-state index is 14.4. The van der Waals surface area contributed by atoms with Gasteiger partial charge in [0.2, 0.25) is 0 Å². The molecular weight excluding hydrogens is 679 g/mol. The van der Waals surface area contributed by atoms with E-state index in [1.165, 1.54) is 6.20 Å². The van der Waals surface area contributed by atoms with Crippen LogP contribution in [0.15, 0.2) is 57.9 Å². The molecule has 1 aromatic heterocycles. The highest BCUT2D eigenvalue weighted by atomic mass is 79.9. The third-order valence-corrected chi connectivity index (χ3v) is 15.0. The minimum atomic E-state index is -2.19. The van der Waals surface area contributed by atoms with Gasteiger partial charge in [0.1, 0.15) is 5.78 Å². The molecule has 1 aromatic carbocycles. The van der Waals surface area contributed by atoms with Crippen molar-refractivity contribution in [2.24, 2.45) is 16.6 Å². The minimum absolute atomic E-state index is 0.0425. The van der Waals surface area contributed by atoms with Gasteiger partial charge >= 0.3 is 0 Å². The van der Waals surface area contributed by atoms with Crippen molar-refractivity contribution >= 4 is 64.9 Å². The van der Waals surface area contributed by atoms with E-state index in [1.54, 1.807) is 24.2 Å². The van der Waals surface area contributed by atoms with Crippen LogP contribution in [-0.4, -0.2) is 48.2 Å². The van der Waals surface area contributed by atoms with Gasteiger partial charge in [0.25, 0.3) is 5.91 Å². The maximum absolute atomic E-state index is 14.4. The second-order valence-corrected chi connectivity index (χ2v) is 17.9. The molecule has 0 saturated heterocycles. The lowest BCUT2D eigenvalue weighted by atomic mass is 9.84. The lowest BCUT2D eigenvalue weighted by Crippen LogP contribution is -2.43. The minimum Gasteiger partial charge on any atom is -0.408 e. The molecule has 7 nitrogen and oxygen atoms in total. The van der Waals surface area contributed by atoms with E-state index in [2.05, 4.69) is 41.7 Å². The number of hydrogen-bond donors (Lipinski definition) is 1. The Morgan fingerprint density at radius 1 is 1.09 bits per heavy atom. The van der Waals surface area contributed by atoms with Crippen LogP contribution in [0.5, 0.6) is 0 Å². The van der Waals surface area contributed by atoms with Crippen molar-refractivity contribution in [3.8, 4) is 0 Å². The lowest BCUT2D eigenvalue weighted by molar-refractivity contribution is -0.128. The second-order valence-electron chi connectivity index (χ2n) is 11.6. The summed E-state index contributed by atoms with van der Waals surface area (Å²) in [6.07, 6.45) is 7.14. The van der Waals surface area contributed by atoms with Crippen LogP contribution in [0.3, 0.4) is 0 Å². The Morgan fingerprint density at radius 2 is 1.68 bits per heavy atom. The van der Waals surface area contributed by atoms with E-state index >= 15 is 0 Å². The molecule has 2 aromatic rings. The third kappa shape index (κ3) is 9.25. The molecule has 3 rings (SSSR count). The predicted molar refractivity (Wildman–Crippen MR) is 187 cm³/mol. The summed E-state index contributed by atoms with van der Waals surface area (Å²) in [5.41, 5.74) is 8.62. The first-order valence-electron chi connectivity index (χ1n) is 15.5. The zero-order valence-corrected chi connectivity index (χ0v) is 30.5. The SMILES string of the molecule is CC[Si](CC)(CC)OC(CN(Cc1ccccc1Br)C(=O)C(=CN)C(C)=NC1CCC(C(C)=O)CC1)c1c(Cl)cncc1Cl. The summed E-state index contributed by atoms with van der Waals surface area (Å²) in [6, 6.07) is 10.6. The molecule has 1 fully saturated rings. The quantitative estimate of drug-likeness (QED) is 0.120. The monoisotopic (exact) mass is 722 g/mol. The Morgan fingerprint density at radius 3 is 2.20 bits per heavy atom. The van der Waals surface area contributed by atoms with Crippen molar-refractivity contribution in [1.82, 2.24) is 9.88 Å². The number of hydrogen-bond acceptors (Lipinski definition) is 6. The van der Waals surface area contributed by atoms with Gasteiger partial charge in [-0.1, -0.05) is 78.1 Å². The number of pyridine rings is 1. The van der Waals surface area contributed by atoms with Crippen LogP contribution >= 0.6 is 39.1 Å². The zero-order valence-electron chi connectivity index (χ0n) is 26.4. The number of benzene rings is 1. The molecule has 2 N–H and O–H groups in total. The summed E-state index contributed by atoms with van der Waals surface area (Å²) < 4.78 is 7.92. The Labute approximate surface area is 281 Å². The molecule has 1 heterocycles. The van der Waals surface area contributed by atoms with Crippen molar-refractivity contribution < 1.29 is 14.0 Å². The Balaban J connectivity index is 2.03. The molecule has 1 aliphatic carbocycles. The molecule has 1 amide bonds. The number of carbonyl (C=O) groups is 2. The van der Waals surface area contributed by atoms with Crippen LogP contribution < -0.4 is 5.73 Å². The summed E-state index contributed by atoms with van der Waals surface area (Å²) in [5, 5.41) is 0.797. The highest BCUT2D eigenvalue weighted by molar-refractivity contribution is 9.10. The fourth-order valence-corrected chi connectivity index (χ4v) is 9.76. The van der Waals surface area contributed by atoms with E-state index in [0.717, 1.165) is 53.9 Å². The first kappa shape index (κ1) is 36.4.